The van der Waals surface area contributed by atoms with Gasteiger partial charge in [0.05, 0.1) is 0 Å². The minimum atomic E-state index is -1.11. The molecule has 0 aromatic rings. The van der Waals surface area contributed by atoms with Gasteiger partial charge in [-0.1, -0.05) is 0 Å². The van der Waals surface area contributed by atoms with Crippen LogP contribution in [-0.2, 0) is 19.2 Å². The Morgan fingerprint density at radius 1 is 1.15 bits per heavy atom. The van der Waals surface area contributed by atoms with Crippen molar-refractivity contribution in [1.29, 1.82) is 0 Å². The molecule has 8 heteroatoms. The highest BCUT2D eigenvalue weighted by molar-refractivity contribution is 6.35. The molecule has 1 aliphatic heterocycles. The first kappa shape index (κ1) is 15.9. The standard InChI is InChI=1S/C12H18N2O6/c15-9(16)5-3-6-13-10(17)11(18)14-7-2-1-4-8(14)12(19)20/h8H,1-7H2,(H,13,17)(H,15,16)(H,19,20)/t8-/m1/s1. The van der Waals surface area contributed by atoms with Crippen molar-refractivity contribution >= 4 is 23.8 Å². The summed E-state index contributed by atoms with van der Waals surface area (Å²) in [5, 5.41) is 19.8. The maximum absolute atomic E-state index is 11.9. The van der Waals surface area contributed by atoms with Gasteiger partial charge in [0.2, 0.25) is 0 Å². The molecule has 1 atom stereocenters. The summed E-state index contributed by atoms with van der Waals surface area (Å²) in [7, 11) is 0. The van der Waals surface area contributed by atoms with Gasteiger partial charge in [0.15, 0.2) is 0 Å². The summed E-state index contributed by atoms with van der Waals surface area (Å²) in [6.07, 6.45) is 1.84. The fourth-order valence-electron chi connectivity index (χ4n) is 2.08. The Morgan fingerprint density at radius 2 is 1.85 bits per heavy atom. The van der Waals surface area contributed by atoms with Crippen LogP contribution in [0.4, 0.5) is 0 Å². The molecule has 112 valence electrons. The van der Waals surface area contributed by atoms with E-state index in [1.165, 1.54) is 0 Å². The highest BCUT2D eigenvalue weighted by atomic mass is 16.4. The number of hydrogen-bond donors (Lipinski definition) is 3. The lowest BCUT2D eigenvalue weighted by Crippen LogP contribution is -2.53. The molecule has 20 heavy (non-hydrogen) atoms. The van der Waals surface area contributed by atoms with Crippen LogP contribution in [-0.4, -0.2) is 58.0 Å². The first-order valence-electron chi connectivity index (χ1n) is 6.47. The van der Waals surface area contributed by atoms with Crippen molar-refractivity contribution in [1.82, 2.24) is 10.2 Å². The molecule has 1 saturated heterocycles. The number of amides is 2. The Morgan fingerprint density at radius 3 is 2.45 bits per heavy atom. The second-order valence-corrected chi connectivity index (χ2v) is 4.60. The number of nitrogens with zero attached hydrogens (tertiary/aromatic N) is 1. The van der Waals surface area contributed by atoms with Gasteiger partial charge in [-0.15, -0.1) is 0 Å². The summed E-state index contributed by atoms with van der Waals surface area (Å²) in [5.74, 6) is -3.85. The lowest BCUT2D eigenvalue weighted by molar-refractivity contribution is -0.156. The van der Waals surface area contributed by atoms with Gasteiger partial charge in [-0.2, -0.15) is 0 Å². The average Bonchev–Trinajstić information content (AvgIpc) is 2.42. The summed E-state index contributed by atoms with van der Waals surface area (Å²) in [6, 6.07) is -0.957. The SMILES string of the molecule is O=C(O)CCCNC(=O)C(=O)N1CCCC[C@@H]1C(=O)O. The molecule has 1 heterocycles. The van der Waals surface area contributed by atoms with Crippen molar-refractivity contribution in [2.24, 2.45) is 0 Å². The Balaban J connectivity index is 2.48. The van der Waals surface area contributed by atoms with E-state index in [0.29, 0.717) is 19.3 Å². The van der Waals surface area contributed by atoms with Crippen molar-refractivity contribution in [3.63, 3.8) is 0 Å². The number of likely N-dealkylation sites (tertiary alicyclic amines) is 1. The van der Waals surface area contributed by atoms with E-state index >= 15 is 0 Å². The monoisotopic (exact) mass is 286 g/mol. The number of carbonyl (C=O) groups is 4. The Bertz CT molecular complexity index is 409. The van der Waals surface area contributed by atoms with Crippen LogP contribution in [0.15, 0.2) is 0 Å². The number of piperidine rings is 1. The molecule has 8 nitrogen and oxygen atoms in total. The first-order valence-corrected chi connectivity index (χ1v) is 6.47. The van der Waals surface area contributed by atoms with Gasteiger partial charge >= 0.3 is 23.8 Å². The van der Waals surface area contributed by atoms with Gasteiger partial charge in [0.1, 0.15) is 6.04 Å². The first-order chi connectivity index (χ1) is 9.43. The highest BCUT2D eigenvalue weighted by Gasteiger charge is 2.34. The molecule has 0 saturated carbocycles. The molecule has 0 aromatic heterocycles. The number of rotatable bonds is 5. The van der Waals surface area contributed by atoms with Crippen LogP contribution in [0.1, 0.15) is 32.1 Å². The van der Waals surface area contributed by atoms with E-state index in [9.17, 15) is 19.2 Å². The highest BCUT2D eigenvalue weighted by Crippen LogP contribution is 2.17. The van der Waals surface area contributed by atoms with Crippen LogP contribution < -0.4 is 5.32 Å². The topological polar surface area (TPSA) is 124 Å². The fourth-order valence-corrected chi connectivity index (χ4v) is 2.08. The third kappa shape index (κ3) is 4.52. The van der Waals surface area contributed by atoms with Gasteiger partial charge in [-0.25, -0.2) is 4.79 Å². The van der Waals surface area contributed by atoms with Gasteiger partial charge in [-0.05, 0) is 25.7 Å². The van der Waals surface area contributed by atoms with Crippen molar-refractivity contribution in [2.45, 2.75) is 38.1 Å². The maximum Gasteiger partial charge on any atom is 0.326 e. The Kier molecular flexibility index (Phi) is 5.95. The van der Waals surface area contributed by atoms with Crippen molar-refractivity contribution in [3.05, 3.63) is 0 Å². The quantitative estimate of drug-likeness (QED) is 0.459. The normalized spacial score (nSPS) is 18.4. The minimum Gasteiger partial charge on any atom is -0.481 e. The summed E-state index contributed by atoms with van der Waals surface area (Å²) in [6.45, 7) is 0.320. The summed E-state index contributed by atoms with van der Waals surface area (Å²) >= 11 is 0. The molecular weight excluding hydrogens is 268 g/mol. The average molecular weight is 286 g/mol. The van der Waals surface area contributed by atoms with E-state index < -0.39 is 29.8 Å². The summed E-state index contributed by atoms with van der Waals surface area (Å²) < 4.78 is 0. The van der Waals surface area contributed by atoms with Gasteiger partial charge in [0.25, 0.3) is 0 Å². The molecule has 1 aliphatic rings. The molecular formula is C12H18N2O6. The van der Waals surface area contributed by atoms with E-state index in [1.54, 1.807) is 0 Å². The molecule has 1 fully saturated rings. The fraction of sp³-hybridized carbons (Fsp3) is 0.667. The van der Waals surface area contributed by atoms with Crippen LogP contribution in [0.25, 0.3) is 0 Å². The number of carboxylic acids is 2. The molecule has 0 spiro atoms. The van der Waals surface area contributed by atoms with Crippen LogP contribution >= 0.6 is 0 Å². The molecule has 0 unspecified atom stereocenters. The predicted octanol–water partition coefficient (Wildman–Crippen LogP) is -0.567. The largest absolute Gasteiger partial charge is 0.481 e. The molecule has 2 amide bonds. The van der Waals surface area contributed by atoms with Crippen molar-refractivity contribution in [2.75, 3.05) is 13.1 Å². The second-order valence-electron chi connectivity index (χ2n) is 4.60. The number of carboxylic acid groups (broad SMARTS) is 2. The summed E-state index contributed by atoms with van der Waals surface area (Å²) in [5.41, 5.74) is 0. The third-order valence-corrected chi connectivity index (χ3v) is 3.10. The van der Waals surface area contributed by atoms with Crippen LogP contribution in [0, 0.1) is 0 Å². The van der Waals surface area contributed by atoms with Crippen LogP contribution in [0.3, 0.4) is 0 Å². The second kappa shape index (κ2) is 7.46. The molecule has 0 aliphatic carbocycles. The van der Waals surface area contributed by atoms with Crippen molar-refractivity contribution in [3.8, 4) is 0 Å². The third-order valence-electron chi connectivity index (χ3n) is 3.10. The Labute approximate surface area is 115 Å². The Hall–Kier alpha value is -2.12. The molecule has 0 bridgehead atoms. The number of nitrogens with one attached hydrogen (secondary N) is 1. The van der Waals surface area contributed by atoms with Gasteiger partial charge in [-0.3, -0.25) is 14.4 Å². The minimum absolute atomic E-state index is 0.0719. The van der Waals surface area contributed by atoms with E-state index in [0.717, 1.165) is 4.90 Å². The maximum atomic E-state index is 11.9. The summed E-state index contributed by atoms with van der Waals surface area (Å²) in [4.78, 5) is 45.9. The lowest BCUT2D eigenvalue weighted by atomic mass is 10.0. The number of aliphatic carboxylic acids is 2. The molecule has 0 radical (unpaired) electrons. The molecule has 1 rings (SSSR count). The van der Waals surface area contributed by atoms with Gasteiger partial charge in [0, 0.05) is 19.5 Å². The zero-order valence-corrected chi connectivity index (χ0v) is 11.0. The lowest BCUT2D eigenvalue weighted by Gasteiger charge is -2.32. The predicted molar refractivity (Wildman–Crippen MR) is 66.9 cm³/mol. The van der Waals surface area contributed by atoms with E-state index in [2.05, 4.69) is 5.32 Å². The van der Waals surface area contributed by atoms with Crippen LogP contribution in [0.2, 0.25) is 0 Å². The van der Waals surface area contributed by atoms with E-state index in [1.807, 2.05) is 0 Å². The van der Waals surface area contributed by atoms with E-state index in [4.69, 9.17) is 10.2 Å². The number of carbonyl (C=O) groups excluding carboxylic acids is 2. The number of hydrogen-bond acceptors (Lipinski definition) is 4. The molecule has 3 N–H and O–H groups in total. The van der Waals surface area contributed by atoms with Gasteiger partial charge < -0.3 is 20.4 Å². The smallest absolute Gasteiger partial charge is 0.326 e. The van der Waals surface area contributed by atoms with Crippen LogP contribution in [0.5, 0.6) is 0 Å². The molecule has 0 aromatic carbocycles. The zero-order chi connectivity index (χ0) is 15.1. The zero-order valence-electron chi connectivity index (χ0n) is 11.0. The van der Waals surface area contributed by atoms with Crippen molar-refractivity contribution < 1.29 is 29.4 Å². The van der Waals surface area contributed by atoms with E-state index in [-0.39, 0.29) is 25.9 Å².